The van der Waals surface area contributed by atoms with E-state index >= 15 is 0 Å². The Labute approximate surface area is 102 Å². The third-order valence-electron chi connectivity index (χ3n) is 2.72. The van der Waals surface area contributed by atoms with E-state index in [-0.39, 0.29) is 0 Å². The fraction of sp³-hybridized carbons (Fsp3) is 0.429. The quantitative estimate of drug-likeness (QED) is 0.820. The minimum Gasteiger partial charge on any atom is -0.318 e. The third-order valence-corrected chi connectivity index (χ3v) is 2.72. The average Bonchev–Trinajstić information content (AvgIpc) is 2.65. The number of fused-ring (bicyclic) bond motifs is 1. The number of benzene rings is 1. The highest BCUT2D eigenvalue weighted by Gasteiger charge is 2.11. The van der Waals surface area contributed by atoms with Crippen molar-refractivity contribution in [2.75, 3.05) is 0 Å². The van der Waals surface area contributed by atoms with Crippen molar-refractivity contribution in [3.05, 3.63) is 36.0 Å². The van der Waals surface area contributed by atoms with Crippen molar-refractivity contribution < 1.29 is 4.94 Å². The van der Waals surface area contributed by atoms with Crippen LogP contribution in [-0.2, 0) is 0 Å². The van der Waals surface area contributed by atoms with Crippen LogP contribution in [0.25, 0.3) is 10.9 Å². The van der Waals surface area contributed by atoms with E-state index in [1.54, 1.807) is 0 Å². The zero-order valence-electron chi connectivity index (χ0n) is 10.9. The van der Waals surface area contributed by atoms with Gasteiger partial charge >= 0.3 is 0 Å². The van der Waals surface area contributed by atoms with E-state index in [1.807, 2.05) is 10.8 Å². The smallest absolute Gasteiger partial charge is 0.0894 e. The molecule has 92 valence electrons. The van der Waals surface area contributed by atoms with Gasteiger partial charge in [-0.3, -0.25) is 0 Å². The summed E-state index contributed by atoms with van der Waals surface area (Å²) in [5, 5.41) is 1.26. The zero-order valence-corrected chi connectivity index (χ0v) is 10.9. The predicted molar refractivity (Wildman–Crippen MR) is 70.9 cm³/mol. The zero-order chi connectivity index (χ0) is 12.4. The molecule has 0 saturated carbocycles. The van der Waals surface area contributed by atoms with Crippen molar-refractivity contribution in [2.45, 2.75) is 39.7 Å². The lowest BCUT2D eigenvalue weighted by molar-refractivity contribution is 0.0169. The summed E-state index contributed by atoms with van der Waals surface area (Å²) in [6.45, 7) is 8.49. The van der Waals surface area contributed by atoms with Crippen molar-refractivity contribution in [2.24, 2.45) is 0 Å². The lowest BCUT2D eigenvalue weighted by Crippen LogP contribution is -2.32. The predicted octanol–water partition coefficient (Wildman–Crippen LogP) is 3.11. The summed E-state index contributed by atoms with van der Waals surface area (Å²) >= 11 is 0. The Hall–Kier alpha value is -1.48. The molecule has 2 aromatic rings. The molecule has 1 N–H and O–H groups in total. The maximum atomic E-state index is 5.58. The van der Waals surface area contributed by atoms with Gasteiger partial charge < -0.3 is 4.94 Å². The average molecular weight is 232 g/mol. The Morgan fingerprint density at radius 2 is 1.82 bits per heavy atom. The van der Waals surface area contributed by atoms with Gasteiger partial charge in [0, 0.05) is 11.4 Å². The number of rotatable bonds is 4. The number of nitrogens with zero attached hydrogens (tertiary/aromatic N) is 1. The second-order valence-corrected chi connectivity index (χ2v) is 4.95. The van der Waals surface area contributed by atoms with Crippen molar-refractivity contribution in [1.82, 2.24) is 10.2 Å². The van der Waals surface area contributed by atoms with Crippen LogP contribution in [-0.4, -0.2) is 10.8 Å². The van der Waals surface area contributed by atoms with Gasteiger partial charge in [0.2, 0.25) is 0 Å². The minimum atomic E-state index is 0.290. The number of hydroxylamine groups is 1. The standard InChI is InChI=1S/C14H20N2O/c1-10(2)13-9-16(17-15-11(3)4)14-8-6-5-7-12(13)14/h5-11,15H,1-4H3. The highest BCUT2D eigenvalue weighted by molar-refractivity contribution is 5.84. The monoisotopic (exact) mass is 232 g/mol. The molecule has 0 atom stereocenters. The number of nitrogens with one attached hydrogen (secondary N) is 1. The molecular formula is C14H20N2O. The van der Waals surface area contributed by atoms with E-state index in [0.29, 0.717) is 12.0 Å². The van der Waals surface area contributed by atoms with Gasteiger partial charge in [-0.2, -0.15) is 4.73 Å². The normalized spacial score (nSPS) is 11.6. The molecule has 0 bridgehead atoms. The van der Waals surface area contributed by atoms with Gasteiger partial charge in [-0.15, -0.1) is 5.48 Å². The van der Waals surface area contributed by atoms with Gasteiger partial charge in [0.05, 0.1) is 11.7 Å². The molecule has 1 aromatic heterocycles. The summed E-state index contributed by atoms with van der Waals surface area (Å²) in [5.74, 6) is 0.490. The molecule has 0 unspecified atom stereocenters. The maximum Gasteiger partial charge on any atom is 0.0894 e. The summed E-state index contributed by atoms with van der Waals surface area (Å²) in [6.07, 6.45) is 2.06. The molecule has 3 nitrogen and oxygen atoms in total. The van der Waals surface area contributed by atoms with E-state index in [0.717, 1.165) is 5.52 Å². The number of hydrogen-bond donors (Lipinski definition) is 1. The maximum absolute atomic E-state index is 5.58. The number of para-hydroxylation sites is 1. The van der Waals surface area contributed by atoms with E-state index in [9.17, 15) is 0 Å². The molecule has 0 aliphatic heterocycles. The first-order valence-electron chi connectivity index (χ1n) is 6.12. The minimum absolute atomic E-state index is 0.290. The Morgan fingerprint density at radius 1 is 1.12 bits per heavy atom. The van der Waals surface area contributed by atoms with Gasteiger partial charge in [-0.1, -0.05) is 32.0 Å². The van der Waals surface area contributed by atoms with Gasteiger partial charge in [0.15, 0.2) is 0 Å². The molecule has 0 fully saturated rings. The molecule has 0 saturated heterocycles. The Morgan fingerprint density at radius 3 is 2.47 bits per heavy atom. The van der Waals surface area contributed by atoms with Crippen LogP contribution in [0, 0.1) is 0 Å². The first-order valence-corrected chi connectivity index (χ1v) is 6.12. The van der Waals surface area contributed by atoms with Crippen molar-refractivity contribution in [3.63, 3.8) is 0 Å². The molecule has 2 rings (SSSR count). The van der Waals surface area contributed by atoms with Crippen LogP contribution in [0.2, 0.25) is 0 Å². The Kier molecular flexibility index (Phi) is 3.38. The molecule has 0 spiro atoms. The molecular weight excluding hydrogens is 212 g/mol. The summed E-state index contributed by atoms with van der Waals surface area (Å²) in [7, 11) is 0. The summed E-state index contributed by atoms with van der Waals surface area (Å²) in [6, 6.07) is 8.60. The Bertz CT molecular complexity index is 500. The molecule has 0 amide bonds. The van der Waals surface area contributed by atoms with Crippen molar-refractivity contribution in [1.29, 1.82) is 0 Å². The van der Waals surface area contributed by atoms with Crippen LogP contribution in [0.5, 0.6) is 0 Å². The highest BCUT2D eigenvalue weighted by Crippen LogP contribution is 2.26. The molecule has 3 heteroatoms. The second-order valence-electron chi connectivity index (χ2n) is 4.95. The third kappa shape index (κ3) is 2.44. The fourth-order valence-electron chi connectivity index (χ4n) is 1.87. The number of hydrogen-bond acceptors (Lipinski definition) is 2. The molecule has 1 aromatic carbocycles. The summed E-state index contributed by atoms with van der Waals surface area (Å²) in [4.78, 5) is 5.58. The van der Waals surface area contributed by atoms with Gasteiger partial charge in [-0.05, 0) is 31.4 Å². The molecule has 0 aliphatic carbocycles. The highest BCUT2D eigenvalue weighted by atomic mass is 16.8. The molecule has 0 aliphatic rings. The van der Waals surface area contributed by atoms with Gasteiger partial charge in [-0.25, -0.2) is 0 Å². The van der Waals surface area contributed by atoms with Gasteiger partial charge in [0.25, 0.3) is 0 Å². The second kappa shape index (κ2) is 4.80. The van der Waals surface area contributed by atoms with Crippen LogP contribution >= 0.6 is 0 Å². The number of aromatic nitrogens is 1. The lowest BCUT2D eigenvalue weighted by atomic mass is 10.0. The van der Waals surface area contributed by atoms with Crippen LogP contribution in [0.15, 0.2) is 30.5 Å². The first kappa shape index (κ1) is 12.0. The first-order chi connectivity index (χ1) is 8.09. The van der Waals surface area contributed by atoms with E-state index < -0.39 is 0 Å². The fourth-order valence-corrected chi connectivity index (χ4v) is 1.87. The van der Waals surface area contributed by atoms with Crippen molar-refractivity contribution >= 4 is 10.9 Å². The molecule has 1 heterocycles. The Balaban J connectivity index is 2.42. The van der Waals surface area contributed by atoms with E-state index in [4.69, 9.17) is 4.94 Å². The van der Waals surface area contributed by atoms with Gasteiger partial charge in [0.1, 0.15) is 0 Å². The van der Waals surface area contributed by atoms with Crippen molar-refractivity contribution in [3.8, 4) is 0 Å². The topological polar surface area (TPSA) is 26.2 Å². The van der Waals surface area contributed by atoms with E-state index in [1.165, 1.54) is 10.9 Å². The molecule has 17 heavy (non-hydrogen) atoms. The van der Waals surface area contributed by atoms with Crippen LogP contribution in [0.4, 0.5) is 0 Å². The summed E-state index contributed by atoms with van der Waals surface area (Å²) in [5.41, 5.74) is 5.38. The summed E-state index contributed by atoms with van der Waals surface area (Å²) < 4.78 is 1.81. The SMILES string of the molecule is CC(C)NOn1cc(C(C)C)c2ccccc21. The lowest BCUT2D eigenvalue weighted by Gasteiger charge is -2.10. The van der Waals surface area contributed by atoms with Crippen LogP contribution in [0.3, 0.4) is 0 Å². The van der Waals surface area contributed by atoms with Crippen LogP contribution in [0.1, 0.15) is 39.2 Å². The van der Waals surface area contributed by atoms with E-state index in [2.05, 4.69) is 57.6 Å². The molecule has 0 radical (unpaired) electrons. The largest absolute Gasteiger partial charge is 0.318 e. The van der Waals surface area contributed by atoms with Crippen LogP contribution < -0.4 is 10.4 Å².